The van der Waals surface area contributed by atoms with E-state index >= 15 is 0 Å². The normalized spacial score (nSPS) is 9.77. The number of nitrogens with zero attached hydrogens (tertiary/aromatic N) is 2. The maximum absolute atomic E-state index is 8.64. The molecule has 1 aromatic heterocycles. The molecule has 0 unspecified atom stereocenters. The molecule has 3 nitrogen and oxygen atoms in total. The van der Waals surface area contributed by atoms with Crippen LogP contribution in [0.3, 0.4) is 0 Å². The van der Waals surface area contributed by atoms with Gasteiger partial charge in [-0.1, -0.05) is 13.8 Å². The van der Waals surface area contributed by atoms with Gasteiger partial charge < -0.3 is 4.74 Å². The zero-order chi connectivity index (χ0) is 9.84. The summed E-state index contributed by atoms with van der Waals surface area (Å²) in [5.41, 5.74) is 1.42. The minimum atomic E-state index is 0.308. The molecular formula is C10H12N2O. The fourth-order valence-corrected chi connectivity index (χ4v) is 1.11. The highest BCUT2D eigenvalue weighted by Crippen LogP contribution is 2.24. The smallest absolute Gasteiger partial charge is 0.141 e. The fourth-order valence-electron chi connectivity index (χ4n) is 1.11. The lowest BCUT2D eigenvalue weighted by Gasteiger charge is -2.09. The minimum absolute atomic E-state index is 0.308. The molecule has 1 heterocycles. The number of hydrogen-bond acceptors (Lipinski definition) is 3. The third-order valence-electron chi connectivity index (χ3n) is 1.78. The van der Waals surface area contributed by atoms with Gasteiger partial charge >= 0.3 is 0 Å². The fraction of sp³-hybridized carbons (Fsp3) is 0.400. The highest BCUT2D eigenvalue weighted by atomic mass is 16.5. The Bertz CT molecular complexity index is 339. The van der Waals surface area contributed by atoms with E-state index in [9.17, 15) is 0 Å². The Kier molecular flexibility index (Phi) is 2.86. The average Bonchev–Trinajstić information content (AvgIpc) is 2.16. The molecule has 1 rings (SSSR count). The summed E-state index contributed by atoms with van der Waals surface area (Å²) in [6.07, 6.45) is 1.57. The monoisotopic (exact) mass is 176 g/mol. The number of hydrogen-bond donors (Lipinski definition) is 0. The molecular weight excluding hydrogens is 164 g/mol. The molecule has 0 atom stereocenters. The summed E-state index contributed by atoms with van der Waals surface area (Å²) in [5.74, 6) is 0.997. The number of ether oxygens (including phenoxy) is 1. The van der Waals surface area contributed by atoms with Crippen molar-refractivity contribution in [1.82, 2.24) is 4.98 Å². The van der Waals surface area contributed by atoms with Crippen molar-refractivity contribution >= 4 is 0 Å². The first-order valence-corrected chi connectivity index (χ1v) is 4.13. The molecule has 0 N–H and O–H groups in total. The lowest BCUT2D eigenvalue weighted by atomic mass is 10.1. The largest absolute Gasteiger partial charge is 0.495 e. The molecule has 0 aromatic carbocycles. The summed E-state index contributed by atoms with van der Waals surface area (Å²) < 4.78 is 5.14. The van der Waals surface area contributed by atoms with Crippen LogP contribution in [0.5, 0.6) is 5.75 Å². The number of nitriles is 1. The van der Waals surface area contributed by atoms with Gasteiger partial charge in [-0.05, 0) is 5.92 Å². The first-order chi connectivity index (χ1) is 6.19. The van der Waals surface area contributed by atoms with E-state index in [4.69, 9.17) is 10.00 Å². The van der Waals surface area contributed by atoms with Crippen molar-refractivity contribution in [3.05, 3.63) is 23.5 Å². The zero-order valence-electron chi connectivity index (χ0n) is 8.03. The SMILES string of the molecule is COc1cc(C#N)cnc1C(C)C. The van der Waals surface area contributed by atoms with Crippen LogP contribution < -0.4 is 4.74 Å². The molecule has 0 saturated carbocycles. The van der Waals surface area contributed by atoms with Crippen molar-refractivity contribution in [2.45, 2.75) is 19.8 Å². The molecule has 0 radical (unpaired) electrons. The van der Waals surface area contributed by atoms with Gasteiger partial charge in [0.15, 0.2) is 0 Å². The van der Waals surface area contributed by atoms with Crippen molar-refractivity contribution in [2.75, 3.05) is 7.11 Å². The molecule has 0 aliphatic carbocycles. The Hall–Kier alpha value is -1.56. The lowest BCUT2D eigenvalue weighted by molar-refractivity contribution is 0.404. The van der Waals surface area contributed by atoms with E-state index in [1.54, 1.807) is 19.4 Å². The summed E-state index contributed by atoms with van der Waals surface area (Å²) in [6, 6.07) is 3.74. The van der Waals surface area contributed by atoms with Gasteiger partial charge in [-0.3, -0.25) is 4.98 Å². The van der Waals surface area contributed by atoms with Crippen LogP contribution in [0.15, 0.2) is 12.3 Å². The van der Waals surface area contributed by atoms with Crippen molar-refractivity contribution in [2.24, 2.45) is 0 Å². The van der Waals surface area contributed by atoms with Crippen LogP contribution in [-0.4, -0.2) is 12.1 Å². The van der Waals surface area contributed by atoms with Crippen LogP contribution in [0, 0.1) is 11.3 Å². The third-order valence-corrected chi connectivity index (χ3v) is 1.78. The van der Waals surface area contributed by atoms with Crippen LogP contribution in [0.2, 0.25) is 0 Å². The minimum Gasteiger partial charge on any atom is -0.495 e. The zero-order valence-corrected chi connectivity index (χ0v) is 8.03. The number of methoxy groups -OCH3 is 1. The maximum Gasteiger partial charge on any atom is 0.141 e. The Morgan fingerprint density at radius 1 is 1.54 bits per heavy atom. The van der Waals surface area contributed by atoms with Gasteiger partial charge in [-0.15, -0.1) is 0 Å². The van der Waals surface area contributed by atoms with E-state index in [0.29, 0.717) is 17.2 Å². The second-order valence-corrected chi connectivity index (χ2v) is 3.08. The van der Waals surface area contributed by atoms with E-state index in [1.807, 2.05) is 19.9 Å². The van der Waals surface area contributed by atoms with E-state index in [0.717, 1.165) is 5.69 Å². The molecule has 0 bridgehead atoms. The molecule has 0 fully saturated rings. The van der Waals surface area contributed by atoms with Crippen molar-refractivity contribution < 1.29 is 4.74 Å². The Morgan fingerprint density at radius 2 is 2.23 bits per heavy atom. The van der Waals surface area contributed by atoms with Gasteiger partial charge in [-0.25, -0.2) is 0 Å². The van der Waals surface area contributed by atoms with Crippen molar-refractivity contribution in [3.8, 4) is 11.8 Å². The van der Waals surface area contributed by atoms with Crippen LogP contribution in [0.1, 0.15) is 31.0 Å². The Labute approximate surface area is 78.0 Å². The van der Waals surface area contributed by atoms with Crippen LogP contribution in [0.4, 0.5) is 0 Å². The van der Waals surface area contributed by atoms with Crippen molar-refractivity contribution in [3.63, 3.8) is 0 Å². The predicted molar refractivity (Wildman–Crippen MR) is 49.6 cm³/mol. The van der Waals surface area contributed by atoms with Gasteiger partial charge in [0, 0.05) is 12.3 Å². The van der Waals surface area contributed by atoms with Gasteiger partial charge in [0.25, 0.3) is 0 Å². The summed E-state index contributed by atoms with van der Waals surface area (Å²) in [6.45, 7) is 4.08. The molecule has 0 spiro atoms. The van der Waals surface area contributed by atoms with Crippen LogP contribution in [0.25, 0.3) is 0 Å². The summed E-state index contributed by atoms with van der Waals surface area (Å²) >= 11 is 0. The molecule has 3 heteroatoms. The van der Waals surface area contributed by atoms with Crippen molar-refractivity contribution in [1.29, 1.82) is 5.26 Å². The second kappa shape index (κ2) is 3.90. The first-order valence-electron chi connectivity index (χ1n) is 4.13. The molecule has 0 amide bonds. The highest BCUT2D eigenvalue weighted by molar-refractivity contribution is 5.38. The van der Waals surface area contributed by atoms with Gasteiger partial charge in [0.05, 0.1) is 18.4 Å². The first kappa shape index (κ1) is 9.53. The van der Waals surface area contributed by atoms with Crippen LogP contribution in [-0.2, 0) is 0 Å². The number of pyridine rings is 1. The Balaban J connectivity index is 3.17. The summed E-state index contributed by atoms with van der Waals surface area (Å²) in [7, 11) is 1.59. The Morgan fingerprint density at radius 3 is 2.69 bits per heavy atom. The standard InChI is InChI=1S/C10H12N2O/c1-7(2)10-9(13-3)4-8(5-11)6-12-10/h4,6-7H,1-3H3. The maximum atomic E-state index is 8.64. The highest BCUT2D eigenvalue weighted by Gasteiger charge is 2.09. The quantitative estimate of drug-likeness (QED) is 0.693. The summed E-state index contributed by atoms with van der Waals surface area (Å²) in [5, 5.41) is 8.64. The molecule has 13 heavy (non-hydrogen) atoms. The third kappa shape index (κ3) is 1.97. The molecule has 0 aliphatic rings. The van der Waals surface area contributed by atoms with E-state index in [-0.39, 0.29) is 0 Å². The topological polar surface area (TPSA) is 45.9 Å². The lowest BCUT2D eigenvalue weighted by Crippen LogP contribution is -1.98. The average molecular weight is 176 g/mol. The van der Waals surface area contributed by atoms with E-state index in [2.05, 4.69) is 4.98 Å². The molecule has 0 aliphatic heterocycles. The van der Waals surface area contributed by atoms with E-state index < -0.39 is 0 Å². The van der Waals surface area contributed by atoms with Crippen LogP contribution >= 0.6 is 0 Å². The second-order valence-electron chi connectivity index (χ2n) is 3.08. The summed E-state index contributed by atoms with van der Waals surface area (Å²) in [4.78, 5) is 4.17. The van der Waals surface area contributed by atoms with Gasteiger partial charge in [0.1, 0.15) is 11.8 Å². The molecule has 1 aromatic rings. The van der Waals surface area contributed by atoms with E-state index in [1.165, 1.54) is 0 Å². The van der Waals surface area contributed by atoms with Gasteiger partial charge in [-0.2, -0.15) is 5.26 Å². The van der Waals surface area contributed by atoms with Gasteiger partial charge in [0.2, 0.25) is 0 Å². The molecule has 0 saturated heterocycles. The predicted octanol–water partition coefficient (Wildman–Crippen LogP) is 2.09. The number of aromatic nitrogens is 1. The molecule has 68 valence electrons. The number of rotatable bonds is 2.